The predicted octanol–water partition coefficient (Wildman–Crippen LogP) is 4.78. The second-order valence-corrected chi connectivity index (χ2v) is 6.48. The monoisotopic (exact) mass is 360 g/mol. The van der Waals surface area contributed by atoms with E-state index < -0.39 is 5.97 Å². The molecule has 0 atom stereocenters. The lowest BCUT2D eigenvalue weighted by atomic mass is 10.1. The summed E-state index contributed by atoms with van der Waals surface area (Å²) in [6, 6.07) is 14.5. The van der Waals surface area contributed by atoms with Gasteiger partial charge in [0.1, 0.15) is 0 Å². The first-order valence-corrected chi connectivity index (χ1v) is 8.65. The first-order chi connectivity index (χ1) is 11.5. The van der Waals surface area contributed by atoms with E-state index >= 15 is 0 Å². The van der Waals surface area contributed by atoms with Crippen molar-refractivity contribution in [3.05, 3.63) is 75.8 Å². The van der Waals surface area contributed by atoms with Crippen molar-refractivity contribution in [3.63, 3.8) is 0 Å². The number of esters is 1. The molecule has 0 radical (unpaired) electrons. The summed E-state index contributed by atoms with van der Waals surface area (Å²) in [5.41, 5.74) is 2.79. The summed E-state index contributed by atoms with van der Waals surface area (Å²) in [7, 11) is 1.31. The molecule has 124 valence electrons. The second kappa shape index (κ2) is 8.71. The van der Waals surface area contributed by atoms with Crippen LogP contribution >= 0.6 is 23.4 Å². The minimum absolute atomic E-state index is 0.0936. The number of ether oxygens (including phenoxy) is 1. The third-order valence-electron chi connectivity index (χ3n) is 3.33. The highest BCUT2D eigenvalue weighted by molar-refractivity contribution is 8.14. The zero-order valence-corrected chi connectivity index (χ0v) is 15.0. The van der Waals surface area contributed by atoms with Crippen LogP contribution in [0.4, 0.5) is 0 Å². The van der Waals surface area contributed by atoms with E-state index in [0.717, 1.165) is 17.3 Å². The van der Waals surface area contributed by atoms with Crippen LogP contribution in [0.15, 0.2) is 54.1 Å². The fraction of sp³-hybridized carbons (Fsp3) is 0.158. The van der Waals surface area contributed by atoms with Gasteiger partial charge in [-0.15, -0.1) is 0 Å². The van der Waals surface area contributed by atoms with Crippen LogP contribution in [0.25, 0.3) is 6.08 Å². The average Bonchev–Trinajstić information content (AvgIpc) is 2.59. The van der Waals surface area contributed by atoms with E-state index in [-0.39, 0.29) is 10.9 Å². The SMILES string of the molecule is COC(=O)/C(=C/c1ccccc1Cl)CSC(=O)c1ccc(C)cc1. The number of benzene rings is 2. The quantitative estimate of drug-likeness (QED) is 0.568. The highest BCUT2D eigenvalue weighted by atomic mass is 35.5. The van der Waals surface area contributed by atoms with E-state index in [1.54, 1.807) is 30.3 Å². The Morgan fingerprint density at radius 3 is 2.42 bits per heavy atom. The molecule has 0 unspecified atom stereocenters. The van der Waals surface area contributed by atoms with E-state index in [1.807, 2.05) is 31.2 Å². The Hall–Kier alpha value is -2.04. The lowest BCUT2D eigenvalue weighted by Gasteiger charge is -2.06. The van der Waals surface area contributed by atoms with Gasteiger partial charge in [0, 0.05) is 21.9 Å². The van der Waals surface area contributed by atoms with E-state index in [9.17, 15) is 9.59 Å². The number of carbonyl (C=O) groups is 2. The van der Waals surface area contributed by atoms with Crippen molar-refractivity contribution in [2.45, 2.75) is 6.92 Å². The van der Waals surface area contributed by atoms with Gasteiger partial charge in [-0.2, -0.15) is 0 Å². The average molecular weight is 361 g/mol. The van der Waals surface area contributed by atoms with Crippen LogP contribution < -0.4 is 0 Å². The van der Waals surface area contributed by atoms with Crippen LogP contribution in [-0.4, -0.2) is 23.9 Å². The molecule has 0 amide bonds. The van der Waals surface area contributed by atoms with Gasteiger partial charge in [-0.05, 0) is 24.6 Å². The normalized spacial score (nSPS) is 11.2. The zero-order chi connectivity index (χ0) is 17.5. The van der Waals surface area contributed by atoms with Gasteiger partial charge in [0.05, 0.1) is 7.11 Å². The molecule has 0 aliphatic rings. The molecular weight excluding hydrogens is 344 g/mol. The molecule has 0 aliphatic heterocycles. The van der Waals surface area contributed by atoms with Crippen molar-refractivity contribution in [1.29, 1.82) is 0 Å². The van der Waals surface area contributed by atoms with Crippen LogP contribution in [0, 0.1) is 6.92 Å². The van der Waals surface area contributed by atoms with Gasteiger partial charge in [-0.3, -0.25) is 4.79 Å². The van der Waals surface area contributed by atoms with Gasteiger partial charge >= 0.3 is 5.97 Å². The van der Waals surface area contributed by atoms with Gasteiger partial charge in [-0.1, -0.05) is 71.4 Å². The van der Waals surface area contributed by atoms with Crippen LogP contribution in [0.5, 0.6) is 0 Å². The summed E-state index contributed by atoms with van der Waals surface area (Å²) in [6.07, 6.45) is 1.66. The Morgan fingerprint density at radius 1 is 1.12 bits per heavy atom. The molecule has 2 rings (SSSR count). The lowest BCUT2D eigenvalue weighted by Crippen LogP contribution is -2.08. The third kappa shape index (κ3) is 4.98. The maximum Gasteiger partial charge on any atom is 0.334 e. The smallest absolute Gasteiger partial charge is 0.334 e. The van der Waals surface area contributed by atoms with Crippen molar-refractivity contribution < 1.29 is 14.3 Å². The number of halogens is 1. The lowest BCUT2D eigenvalue weighted by molar-refractivity contribution is -0.135. The standard InChI is InChI=1S/C19H17ClO3S/c1-13-7-9-14(10-8-13)19(22)24-12-16(18(21)23-2)11-15-5-3-4-6-17(15)20/h3-11H,12H2,1-2H3/b16-11+. The van der Waals surface area contributed by atoms with Crippen LogP contribution in [0.3, 0.4) is 0 Å². The molecule has 0 saturated carbocycles. The van der Waals surface area contributed by atoms with Gasteiger partial charge in [-0.25, -0.2) is 4.79 Å². The van der Waals surface area contributed by atoms with E-state index in [2.05, 4.69) is 0 Å². The summed E-state index contributed by atoms with van der Waals surface area (Å²) in [5, 5.41) is 0.442. The molecule has 2 aromatic carbocycles. The molecule has 0 fully saturated rings. The fourth-order valence-electron chi connectivity index (χ4n) is 1.99. The summed E-state index contributed by atoms with van der Waals surface area (Å²) in [5.74, 6) is -0.260. The molecule has 3 nitrogen and oxygen atoms in total. The van der Waals surface area contributed by atoms with Gasteiger partial charge in [0.2, 0.25) is 5.12 Å². The number of rotatable bonds is 5. The van der Waals surface area contributed by atoms with E-state index in [0.29, 0.717) is 21.7 Å². The molecular formula is C19H17ClO3S. The Labute approximate surface area is 150 Å². The van der Waals surface area contributed by atoms with Crippen molar-refractivity contribution in [2.75, 3.05) is 12.9 Å². The molecule has 0 spiro atoms. The Kier molecular flexibility index (Phi) is 6.64. The molecule has 0 heterocycles. The third-order valence-corrected chi connectivity index (χ3v) is 4.63. The van der Waals surface area contributed by atoms with Crippen molar-refractivity contribution >= 4 is 40.5 Å². The maximum absolute atomic E-state index is 12.2. The topological polar surface area (TPSA) is 43.4 Å². The number of carbonyl (C=O) groups excluding carboxylic acids is 2. The van der Waals surface area contributed by atoms with Crippen molar-refractivity contribution in [2.24, 2.45) is 0 Å². The van der Waals surface area contributed by atoms with Crippen molar-refractivity contribution in [3.8, 4) is 0 Å². The first-order valence-electron chi connectivity index (χ1n) is 7.28. The van der Waals surface area contributed by atoms with Crippen LogP contribution in [0.2, 0.25) is 5.02 Å². The zero-order valence-electron chi connectivity index (χ0n) is 13.4. The highest BCUT2D eigenvalue weighted by Crippen LogP contribution is 2.22. The summed E-state index contributed by atoms with van der Waals surface area (Å²) < 4.78 is 4.80. The van der Waals surface area contributed by atoms with E-state index in [1.165, 1.54) is 7.11 Å². The largest absolute Gasteiger partial charge is 0.466 e. The Morgan fingerprint density at radius 2 is 1.79 bits per heavy atom. The first kappa shape index (κ1) is 18.3. The summed E-state index contributed by atoms with van der Waals surface area (Å²) >= 11 is 7.18. The van der Waals surface area contributed by atoms with Crippen LogP contribution in [-0.2, 0) is 9.53 Å². The van der Waals surface area contributed by atoms with Gasteiger partial charge in [0.25, 0.3) is 0 Å². The van der Waals surface area contributed by atoms with E-state index in [4.69, 9.17) is 16.3 Å². The molecule has 0 aromatic heterocycles. The maximum atomic E-state index is 12.2. The molecule has 0 bridgehead atoms. The number of hydrogen-bond acceptors (Lipinski definition) is 4. The molecule has 0 aliphatic carbocycles. The molecule has 24 heavy (non-hydrogen) atoms. The molecule has 0 saturated heterocycles. The number of hydrogen-bond donors (Lipinski definition) is 0. The molecule has 5 heteroatoms. The second-order valence-electron chi connectivity index (χ2n) is 5.12. The summed E-state index contributed by atoms with van der Waals surface area (Å²) in [6.45, 7) is 1.96. The van der Waals surface area contributed by atoms with Gasteiger partial charge < -0.3 is 4.74 Å². The summed E-state index contributed by atoms with van der Waals surface area (Å²) in [4.78, 5) is 24.2. The van der Waals surface area contributed by atoms with Crippen LogP contribution in [0.1, 0.15) is 21.5 Å². The Balaban J connectivity index is 2.15. The minimum atomic E-state index is -0.473. The fourth-order valence-corrected chi connectivity index (χ4v) is 2.97. The molecule has 0 N–H and O–H groups in total. The van der Waals surface area contributed by atoms with Gasteiger partial charge in [0.15, 0.2) is 0 Å². The number of aryl methyl sites for hydroxylation is 1. The minimum Gasteiger partial charge on any atom is -0.466 e. The predicted molar refractivity (Wildman–Crippen MR) is 99.4 cm³/mol. The highest BCUT2D eigenvalue weighted by Gasteiger charge is 2.14. The number of methoxy groups -OCH3 is 1. The number of thioether (sulfide) groups is 1. The Bertz CT molecular complexity index is 766. The van der Waals surface area contributed by atoms with Crippen molar-refractivity contribution in [1.82, 2.24) is 0 Å². The molecule has 2 aromatic rings.